The average molecular weight is 402 g/mol. The molecule has 2 aromatic rings. The minimum atomic E-state index is -0.295. The number of hydrogen-bond donors (Lipinski definition) is 0. The first-order chi connectivity index (χ1) is 13.6. The molecule has 2 aliphatic heterocycles. The van der Waals surface area contributed by atoms with E-state index in [-0.39, 0.29) is 30.0 Å². The quantitative estimate of drug-likeness (QED) is 0.790. The van der Waals surface area contributed by atoms with E-state index < -0.39 is 0 Å². The van der Waals surface area contributed by atoms with Crippen LogP contribution in [0, 0.1) is 11.7 Å². The maximum absolute atomic E-state index is 13.4. The lowest BCUT2D eigenvalue weighted by Crippen LogP contribution is -2.44. The topological polar surface area (TPSA) is 53.5 Å². The van der Waals surface area contributed by atoms with E-state index in [1.54, 1.807) is 6.07 Å². The van der Waals surface area contributed by atoms with Gasteiger partial charge in [-0.1, -0.05) is 12.1 Å². The Morgan fingerprint density at radius 3 is 2.57 bits per heavy atom. The zero-order valence-corrected chi connectivity index (χ0v) is 16.6. The zero-order chi connectivity index (χ0) is 19.5. The number of carbonyl (C=O) groups excluding carboxylic acids is 2. The monoisotopic (exact) mass is 401 g/mol. The van der Waals surface area contributed by atoms with Crippen LogP contribution in [0.4, 0.5) is 4.39 Å². The molecule has 7 heteroatoms. The van der Waals surface area contributed by atoms with Crippen molar-refractivity contribution in [2.24, 2.45) is 5.92 Å². The molecule has 0 atom stereocenters. The van der Waals surface area contributed by atoms with Crippen molar-refractivity contribution in [2.45, 2.75) is 32.1 Å². The van der Waals surface area contributed by atoms with Gasteiger partial charge in [0, 0.05) is 43.0 Å². The number of benzene rings is 1. The Hall–Kier alpha value is -2.28. The summed E-state index contributed by atoms with van der Waals surface area (Å²) in [6, 6.07) is 6.33. The van der Waals surface area contributed by atoms with Gasteiger partial charge in [0.1, 0.15) is 10.8 Å². The highest BCUT2D eigenvalue weighted by Gasteiger charge is 2.31. The molecule has 148 valence electrons. The van der Waals surface area contributed by atoms with Crippen molar-refractivity contribution in [3.05, 3.63) is 41.2 Å². The molecule has 0 N–H and O–H groups in total. The first-order valence-electron chi connectivity index (χ1n) is 9.87. The SMILES string of the molecule is O=C(Cc1csc(-c2cccc(F)c2)n1)N1CCC(C(=O)N2CCCC2)CC1. The Morgan fingerprint density at radius 2 is 1.86 bits per heavy atom. The smallest absolute Gasteiger partial charge is 0.228 e. The van der Waals surface area contributed by atoms with Crippen molar-refractivity contribution in [2.75, 3.05) is 26.2 Å². The van der Waals surface area contributed by atoms with Crippen molar-refractivity contribution in [1.82, 2.24) is 14.8 Å². The van der Waals surface area contributed by atoms with E-state index >= 15 is 0 Å². The third kappa shape index (κ3) is 4.24. The molecule has 1 aromatic heterocycles. The lowest BCUT2D eigenvalue weighted by molar-refractivity contribution is -0.139. The molecule has 3 heterocycles. The van der Waals surface area contributed by atoms with Gasteiger partial charge in [0.25, 0.3) is 0 Å². The van der Waals surface area contributed by atoms with Crippen LogP contribution in [-0.2, 0) is 16.0 Å². The largest absolute Gasteiger partial charge is 0.342 e. The number of piperidine rings is 1. The van der Waals surface area contributed by atoms with Gasteiger partial charge in [-0.15, -0.1) is 11.3 Å². The van der Waals surface area contributed by atoms with Crippen LogP contribution in [-0.4, -0.2) is 52.8 Å². The van der Waals surface area contributed by atoms with E-state index in [0.717, 1.165) is 49.3 Å². The van der Waals surface area contributed by atoms with Crippen LogP contribution in [0.1, 0.15) is 31.4 Å². The summed E-state index contributed by atoms with van der Waals surface area (Å²) in [4.78, 5) is 33.5. The second-order valence-electron chi connectivity index (χ2n) is 7.52. The lowest BCUT2D eigenvalue weighted by atomic mass is 9.95. The van der Waals surface area contributed by atoms with Gasteiger partial charge < -0.3 is 9.80 Å². The molecule has 0 saturated carbocycles. The summed E-state index contributed by atoms with van der Waals surface area (Å²) in [6.45, 7) is 3.03. The molecule has 2 fully saturated rings. The molecule has 2 aliphatic rings. The van der Waals surface area contributed by atoms with Gasteiger partial charge in [-0.2, -0.15) is 0 Å². The van der Waals surface area contributed by atoms with Gasteiger partial charge in [0.2, 0.25) is 11.8 Å². The zero-order valence-electron chi connectivity index (χ0n) is 15.8. The van der Waals surface area contributed by atoms with Crippen LogP contribution in [0.15, 0.2) is 29.6 Å². The number of nitrogens with zero attached hydrogens (tertiary/aromatic N) is 3. The molecule has 0 radical (unpaired) electrons. The van der Waals surface area contributed by atoms with Crippen LogP contribution in [0.5, 0.6) is 0 Å². The van der Waals surface area contributed by atoms with E-state index in [1.807, 2.05) is 21.2 Å². The second kappa shape index (κ2) is 8.39. The van der Waals surface area contributed by atoms with E-state index in [2.05, 4.69) is 4.98 Å². The van der Waals surface area contributed by atoms with Crippen molar-refractivity contribution in [1.29, 1.82) is 0 Å². The summed E-state index contributed by atoms with van der Waals surface area (Å²) in [5.41, 5.74) is 1.44. The molecule has 0 aliphatic carbocycles. The highest BCUT2D eigenvalue weighted by atomic mass is 32.1. The van der Waals surface area contributed by atoms with Crippen LogP contribution in [0.25, 0.3) is 10.6 Å². The Labute approximate surface area is 168 Å². The molecule has 1 aromatic carbocycles. The fourth-order valence-corrected chi connectivity index (χ4v) is 4.80. The fourth-order valence-electron chi connectivity index (χ4n) is 3.98. The maximum Gasteiger partial charge on any atom is 0.228 e. The van der Waals surface area contributed by atoms with Crippen molar-refractivity contribution in [3.8, 4) is 10.6 Å². The van der Waals surface area contributed by atoms with Crippen LogP contribution >= 0.6 is 11.3 Å². The van der Waals surface area contributed by atoms with Crippen molar-refractivity contribution in [3.63, 3.8) is 0 Å². The number of aromatic nitrogens is 1. The normalized spacial score (nSPS) is 17.9. The minimum Gasteiger partial charge on any atom is -0.342 e. The molecule has 5 nitrogen and oxygen atoms in total. The Bertz CT molecular complexity index is 855. The number of thiazole rings is 1. The van der Waals surface area contributed by atoms with Gasteiger partial charge in [-0.25, -0.2) is 9.37 Å². The standard InChI is InChI=1S/C21H24FN3O2S/c22-17-5-3-4-16(12-17)20-23-18(14-28-20)13-19(26)24-10-6-15(7-11-24)21(27)25-8-1-2-9-25/h3-5,12,14-15H,1-2,6-11,13H2. The maximum atomic E-state index is 13.4. The van der Waals surface area contributed by atoms with Gasteiger partial charge in [0.15, 0.2) is 0 Å². The molecule has 2 amide bonds. The first-order valence-corrected chi connectivity index (χ1v) is 10.7. The van der Waals surface area contributed by atoms with Gasteiger partial charge in [-0.05, 0) is 37.8 Å². The number of likely N-dealkylation sites (tertiary alicyclic amines) is 2. The van der Waals surface area contributed by atoms with E-state index in [9.17, 15) is 14.0 Å². The Kier molecular flexibility index (Phi) is 5.71. The summed E-state index contributed by atoms with van der Waals surface area (Å²) in [6.07, 6.45) is 3.94. The minimum absolute atomic E-state index is 0.0446. The Balaban J connectivity index is 1.31. The number of halogens is 1. The van der Waals surface area contributed by atoms with Crippen LogP contribution < -0.4 is 0 Å². The van der Waals surface area contributed by atoms with E-state index in [1.165, 1.54) is 23.5 Å². The molecule has 4 rings (SSSR count). The second-order valence-corrected chi connectivity index (χ2v) is 8.38. The van der Waals surface area contributed by atoms with Gasteiger partial charge in [0.05, 0.1) is 12.1 Å². The lowest BCUT2D eigenvalue weighted by Gasteiger charge is -2.33. The highest BCUT2D eigenvalue weighted by Crippen LogP contribution is 2.26. The summed E-state index contributed by atoms with van der Waals surface area (Å²) < 4.78 is 13.4. The molecule has 0 spiro atoms. The van der Waals surface area contributed by atoms with Gasteiger partial charge in [-0.3, -0.25) is 9.59 Å². The third-order valence-electron chi connectivity index (χ3n) is 5.57. The van der Waals surface area contributed by atoms with Crippen molar-refractivity contribution >= 4 is 23.2 Å². The average Bonchev–Trinajstić information content (AvgIpc) is 3.40. The molecule has 0 unspecified atom stereocenters. The predicted octanol–water partition coefficient (Wildman–Crippen LogP) is 3.35. The summed E-state index contributed by atoms with van der Waals surface area (Å²) >= 11 is 1.42. The number of carbonyl (C=O) groups is 2. The molecule has 28 heavy (non-hydrogen) atoms. The predicted molar refractivity (Wildman–Crippen MR) is 106 cm³/mol. The summed E-state index contributed by atoms with van der Waals surface area (Å²) in [5.74, 6) is 0.0738. The van der Waals surface area contributed by atoms with Crippen LogP contribution in [0.2, 0.25) is 0 Å². The molecule has 2 saturated heterocycles. The Morgan fingerprint density at radius 1 is 1.11 bits per heavy atom. The van der Waals surface area contributed by atoms with Crippen LogP contribution in [0.3, 0.4) is 0 Å². The number of amides is 2. The van der Waals surface area contributed by atoms with E-state index in [4.69, 9.17) is 0 Å². The van der Waals surface area contributed by atoms with E-state index in [0.29, 0.717) is 18.8 Å². The highest BCUT2D eigenvalue weighted by molar-refractivity contribution is 7.13. The molecular formula is C21H24FN3O2S. The third-order valence-corrected chi connectivity index (χ3v) is 6.51. The first kappa shape index (κ1) is 19.1. The number of hydrogen-bond acceptors (Lipinski definition) is 4. The molecule has 0 bridgehead atoms. The van der Waals surface area contributed by atoms with Crippen molar-refractivity contribution < 1.29 is 14.0 Å². The summed E-state index contributed by atoms with van der Waals surface area (Å²) in [7, 11) is 0. The summed E-state index contributed by atoms with van der Waals surface area (Å²) in [5, 5.41) is 2.58. The number of rotatable bonds is 4. The van der Waals surface area contributed by atoms with Gasteiger partial charge >= 0.3 is 0 Å². The fraction of sp³-hybridized carbons (Fsp3) is 0.476. The molecular weight excluding hydrogens is 377 g/mol.